The quantitative estimate of drug-likeness (QED) is 0.684. The molecule has 10 nitrogen and oxygen atoms in total. The largest absolute Gasteiger partial charge is 0.479 e. The van der Waals surface area contributed by atoms with Crippen LogP contribution in [0.25, 0.3) is 6.20 Å². The van der Waals surface area contributed by atoms with E-state index < -0.39 is 17.2 Å². The van der Waals surface area contributed by atoms with Crippen LogP contribution in [0.3, 0.4) is 0 Å². The minimum absolute atomic E-state index is 0.00265. The number of carboxylic acids is 1. The van der Waals surface area contributed by atoms with E-state index in [1.165, 1.54) is 0 Å². The van der Waals surface area contributed by atoms with Crippen molar-refractivity contribution in [3.8, 4) is 0 Å². The van der Waals surface area contributed by atoms with Gasteiger partial charge >= 0.3 is 17.7 Å². The van der Waals surface area contributed by atoms with Gasteiger partial charge in [-0.2, -0.15) is 0 Å². The Hall–Kier alpha value is -3.82. The first-order valence-corrected chi connectivity index (χ1v) is 8.88. The predicted octanol–water partition coefficient (Wildman–Crippen LogP) is 0.921. The van der Waals surface area contributed by atoms with Crippen LogP contribution in [0.4, 0.5) is 10.5 Å². The molecule has 152 valence electrons. The van der Waals surface area contributed by atoms with Gasteiger partial charge in [0.25, 0.3) is 5.56 Å². The maximum Gasteiger partial charge on any atom is 0.372 e. The van der Waals surface area contributed by atoms with Crippen LogP contribution in [0.2, 0.25) is 0 Å². The SMILES string of the molecule is CCNC(=O)Nc1ccc(Cn2c(=O)c(C)c3n(c2=O)C=C(C(=O)O)OC3)cc1. The minimum atomic E-state index is -1.30. The molecule has 10 heteroatoms. The third-order valence-electron chi connectivity index (χ3n) is 4.44. The van der Waals surface area contributed by atoms with Crippen molar-refractivity contribution < 1.29 is 19.4 Å². The van der Waals surface area contributed by atoms with Crippen LogP contribution in [0, 0.1) is 6.92 Å². The molecule has 1 aromatic heterocycles. The van der Waals surface area contributed by atoms with Gasteiger partial charge in [-0.05, 0) is 31.5 Å². The molecule has 2 heterocycles. The van der Waals surface area contributed by atoms with Crippen molar-refractivity contribution in [2.45, 2.75) is 27.0 Å². The number of nitrogens with zero attached hydrogens (tertiary/aromatic N) is 2. The first-order chi connectivity index (χ1) is 13.8. The smallest absolute Gasteiger partial charge is 0.372 e. The molecule has 0 fully saturated rings. The first kappa shape index (κ1) is 19.9. The van der Waals surface area contributed by atoms with E-state index in [9.17, 15) is 19.2 Å². The summed E-state index contributed by atoms with van der Waals surface area (Å²) in [5, 5.41) is 14.4. The number of nitrogens with one attached hydrogen (secondary N) is 2. The van der Waals surface area contributed by atoms with Crippen LogP contribution in [0.15, 0.2) is 39.6 Å². The molecule has 1 aromatic carbocycles. The van der Waals surface area contributed by atoms with Crippen LogP contribution in [0.1, 0.15) is 23.7 Å². The number of carbonyl (C=O) groups is 2. The lowest BCUT2D eigenvalue weighted by Crippen LogP contribution is -2.43. The molecule has 0 atom stereocenters. The van der Waals surface area contributed by atoms with Gasteiger partial charge in [-0.3, -0.25) is 13.9 Å². The van der Waals surface area contributed by atoms with Crippen LogP contribution in [0.5, 0.6) is 0 Å². The standard InChI is InChI=1S/C19H20N4O6/c1-3-20-18(27)21-13-6-4-12(5-7-13)8-23-16(24)11(2)14-10-29-15(17(25)26)9-22(14)19(23)28/h4-7,9H,3,8,10H2,1-2H3,(H,25,26)(H2,20,21,27). The molecule has 3 N–H and O–H groups in total. The normalized spacial score (nSPS) is 12.4. The van der Waals surface area contributed by atoms with Gasteiger partial charge < -0.3 is 20.5 Å². The Kier molecular flexibility index (Phi) is 5.53. The Morgan fingerprint density at radius 3 is 2.52 bits per heavy atom. The van der Waals surface area contributed by atoms with Gasteiger partial charge in [-0.1, -0.05) is 12.1 Å². The van der Waals surface area contributed by atoms with Crippen molar-refractivity contribution in [2.24, 2.45) is 0 Å². The Balaban J connectivity index is 1.93. The molecule has 2 amide bonds. The molecule has 2 aromatic rings. The minimum Gasteiger partial charge on any atom is -0.479 e. The Morgan fingerprint density at radius 2 is 1.90 bits per heavy atom. The topological polar surface area (TPSA) is 132 Å². The van der Waals surface area contributed by atoms with Crippen molar-refractivity contribution in [3.63, 3.8) is 0 Å². The molecule has 1 aliphatic rings. The number of aliphatic carboxylic acids is 1. The number of ether oxygens (including phenoxy) is 1. The Bertz CT molecular complexity index is 1110. The lowest BCUT2D eigenvalue weighted by atomic mass is 10.2. The van der Waals surface area contributed by atoms with Crippen molar-refractivity contribution >= 4 is 23.9 Å². The summed E-state index contributed by atoms with van der Waals surface area (Å²) >= 11 is 0. The van der Waals surface area contributed by atoms with Gasteiger partial charge in [0.2, 0.25) is 5.76 Å². The summed E-state index contributed by atoms with van der Waals surface area (Å²) in [6.45, 7) is 3.69. The van der Waals surface area contributed by atoms with E-state index in [2.05, 4.69) is 10.6 Å². The fourth-order valence-electron chi connectivity index (χ4n) is 2.92. The fourth-order valence-corrected chi connectivity index (χ4v) is 2.92. The lowest BCUT2D eigenvalue weighted by molar-refractivity contribution is -0.136. The zero-order chi connectivity index (χ0) is 21.1. The molecule has 3 rings (SSSR count). The zero-order valence-corrected chi connectivity index (χ0v) is 15.9. The summed E-state index contributed by atoms with van der Waals surface area (Å²) in [6.07, 6.45) is 1.08. The van der Waals surface area contributed by atoms with Gasteiger partial charge in [-0.25, -0.2) is 14.4 Å². The first-order valence-electron chi connectivity index (χ1n) is 8.88. The summed E-state index contributed by atoms with van der Waals surface area (Å²) in [7, 11) is 0. The van der Waals surface area contributed by atoms with Gasteiger partial charge in [0, 0.05) is 17.8 Å². The van der Waals surface area contributed by atoms with E-state index in [-0.39, 0.29) is 24.9 Å². The zero-order valence-electron chi connectivity index (χ0n) is 15.9. The Labute approximate surface area is 165 Å². The third kappa shape index (κ3) is 4.05. The number of anilines is 1. The number of hydrogen-bond donors (Lipinski definition) is 3. The van der Waals surface area contributed by atoms with Gasteiger partial charge in [0.1, 0.15) is 6.61 Å². The molecule has 0 spiro atoms. The maximum absolute atomic E-state index is 12.8. The summed E-state index contributed by atoms with van der Waals surface area (Å²) in [5.41, 5.74) is 0.739. The van der Waals surface area contributed by atoms with Crippen LogP contribution in [-0.2, 0) is 22.7 Å². The fraction of sp³-hybridized carbons (Fsp3) is 0.263. The number of amides is 2. The van der Waals surface area contributed by atoms with E-state index in [0.29, 0.717) is 29.1 Å². The number of benzene rings is 1. The van der Waals surface area contributed by atoms with E-state index in [1.54, 1.807) is 38.1 Å². The highest BCUT2D eigenvalue weighted by Gasteiger charge is 2.23. The molecule has 0 saturated heterocycles. The third-order valence-corrected chi connectivity index (χ3v) is 4.44. The van der Waals surface area contributed by atoms with E-state index in [4.69, 9.17) is 9.84 Å². The molecule has 0 radical (unpaired) electrons. The number of rotatable bonds is 5. The second-order valence-corrected chi connectivity index (χ2v) is 6.38. The molecule has 29 heavy (non-hydrogen) atoms. The summed E-state index contributed by atoms with van der Waals surface area (Å²) < 4.78 is 7.26. The van der Waals surface area contributed by atoms with Crippen LogP contribution in [-0.4, -0.2) is 32.8 Å². The van der Waals surface area contributed by atoms with Gasteiger partial charge in [-0.15, -0.1) is 0 Å². The molecule has 0 saturated carbocycles. The number of fused-ring (bicyclic) bond motifs is 1. The van der Waals surface area contributed by atoms with Gasteiger partial charge in [0.15, 0.2) is 0 Å². The van der Waals surface area contributed by atoms with E-state index in [1.807, 2.05) is 0 Å². The number of carboxylic acid groups (broad SMARTS) is 1. The van der Waals surface area contributed by atoms with E-state index >= 15 is 0 Å². The molecule has 1 aliphatic heterocycles. The molecular weight excluding hydrogens is 380 g/mol. The number of carbonyl (C=O) groups excluding carboxylic acids is 1. The van der Waals surface area contributed by atoms with Crippen molar-refractivity contribution in [1.29, 1.82) is 0 Å². The molecule has 0 bridgehead atoms. The van der Waals surface area contributed by atoms with Crippen molar-refractivity contribution in [2.75, 3.05) is 11.9 Å². The molecule has 0 aliphatic carbocycles. The van der Waals surface area contributed by atoms with Crippen molar-refractivity contribution in [1.82, 2.24) is 14.5 Å². The van der Waals surface area contributed by atoms with E-state index in [0.717, 1.165) is 15.3 Å². The summed E-state index contributed by atoms with van der Waals surface area (Å²) in [5.74, 6) is -1.67. The number of urea groups is 1. The van der Waals surface area contributed by atoms with Crippen LogP contribution < -0.4 is 21.9 Å². The van der Waals surface area contributed by atoms with Crippen LogP contribution >= 0.6 is 0 Å². The second kappa shape index (κ2) is 8.05. The second-order valence-electron chi connectivity index (χ2n) is 6.38. The predicted molar refractivity (Wildman–Crippen MR) is 105 cm³/mol. The molecular formula is C19H20N4O6. The average molecular weight is 400 g/mol. The summed E-state index contributed by atoms with van der Waals surface area (Å²) in [6, 6.07) is 6.37. The maximum atomic E-state index is 12.8. The van der Waals surface area contributed by atoms with Crippen molar-refractivity contribution in [3.05, 3.63) is 67.7 Å². The summed E-state index contributed by atoms with van der Waals surface area (Å²) in [4.78, 5) is 48.2. The van der Waals surface area contributed by atoms with Gasteiger partial charge in [0.05, 0.1) is 18.4 Å². The Morgan fingerprint density at radius 1 is 1.21 bits per heavy atom. The average Bonchev–Trinajstić information content (AvgIpc) is 2.70. The highest BCUT2D eigenvalue weighted by molar-refractivity contribution is 5.89. The monoisotopic (exact) mass is 400 g/mol. The lowest BCUT2D eigenvalue weighted by Gasteiger charge is -2.20. The highest BCUT2D eigenvalue weighted by Crippen LogP contribution is 2.15. The number of aromatic nitrogens is 2. The number of hydrogen-bond acceptors (Lipinski definition) is 5. The molecule has 0 unspecified atom stereocenters. The highest BCUT2D eigenvalue weighted by atomic mass is 16.5.